The van der Waals surface area contributed by atoms with Crippen molar-refractivity contribution in [2.45, 2.75) is 0 Å². The van der Waals surface area contributed by atoms with E-state index in [0.717, 1.165) is 0 Å². The average molecular weight is 365 g/mol. The van der Waals surface area contributed by atoms with Crippen LogP contribution in [0, 0.1) is 0 Å². The maximum absolute atomic E-state index is 11.6. The number of carboxylic acid groups (broad SMARTS) is 4. The van der Waals surface area contributed by atoms with Crippen LogP contribution in [0.1, 0.15) is 41.4 Å². The summed E-state index contributed by atoms with van der Waals surface area (Å²) in [5.41, 5.74) is -3.83. The molecule has 0 aromatic heterocycles. The topological polar surface area (TPSA) is 149 Å². The molecule has 0 saturated carbocycles. The largest absolute Gasteiger partial charge is 0.478 e. The summed E-state index contributed by atoms with van der Waals surface area (Å²) < 4.78 is 0. The molecule has 2 aromatic rings. The first-order valence-corrected chi connectivity index (χ1v) is 6.93. The summed E-state index contributed by atoms with van der Waals surface area (Å²) in [5.74, 6) is -6.82. The Bertz CT molecular complexity index is 864. The highest BCUT2D eigenvalue weighted by Gasteiger charge is 2.31. The fourth-order valence-corrected chi connectivity index (χ4v) is 2.50. The molecule has 4 N–H and O–H groups in total. The van der Waals surface area contributed by atoms with Crippen LogP contribution in [0.5, 0.6) is 0 Å². The van der Waals surface area contributed by atoms with E-state index in [4.69, 9.17) is 11.6 Å². The zero-order valence-electron chi connectivity index (χ0n) is 12.2. The molecule has 2 rings (SSSR count). The van der Waals surface area contributed by atoms with E-state index in [1.807, 2.05) is 0 Å². The number of halogens is 1. The molecule has 25 heavy (non-hydrogen) atoms. The Morgan fingerprint density at radius 2 is 1.08 bits per heavy atom. The van der Waals surface area contributed by atoms with Crippen molar-refractivity contribution < 1.29 is 39.6 Å². The van der Waals surface area contributed by atoms with Gasteiger partial charge < -0.3 is 20.4 Å². The van der Waals surface area contributed by atoms with Gasteiger partial charge in [-0.15, -0.1) is 0 Å². The summed E-state index contributed by atoms with van der Waals surface area (Å²) >= 11 is 5.75. The molecule has 0 spiro atoms. The quantitative estimate of drug-likeness (QED) is 0.632. The zero-order chi connectivity index (χ0) is 18.9. The van der Waals surface area contributed by atoms with Gasteiger partial charge in [-0.3, -0.25) is 0 Å². The Hall–Kier alpha value is -3.39. The lowest BCUT2D eigenvalue weighted by Crippen LogP contribution is -2.18. The highest BCUT2D eigenvalue weighted by molar-refractivity contribution is 6.30. The molecule has 0 heterocycles. The van der Waals surface area contributed by atoms with Gasteiger partial charge >= 0.3 is 23.9 Å². The highest BCUT2D eigenvalue weighted by atomic mass is 35.5. The van der Waals surface area contributed by atoms with Crippen LogP contribution in [0.15, 0.2) is 30.3 Å². The third-order valence-corrected chi connectivity index (χ3v) is 3.60. The third-order valence-electron chi connectivity index (χ3n) is 3.35. The van der Waals surface area contributed by atoms with Crippen molar-refractivity contribution in [2.24, 2.45) is 0 Å². The monoisotopic (exact) mass is 364 g/mol. The van der Waals surface area contributed by atoms with Crippen LogP contribution in [0.4, 0.5) is 0 Å². The molecule has 0 aliphatic rings. The van der Waals surface area contributed by atoms with Gasteiger partial charge in [0, 0.05) is 10.6 Å². The van der Waals surface area contributed by atoms with E-state index in [-0.39, 0.29) is 10.6 Å². The summed E-state index contributed by atoms with van der Waals surface area (Å²) in [5, 5.41) is 37.6. The van der Waals surface area contributed by atoms with Gasteiger partial charge in [0.25, 0.3) is 0 Å². The van der Waals surface area contributed by atoms with Crippen LogP contribution < -0.4 is 0 Å². The van der Waals surface area contributed by atoms with Crippen LogP contribution in [-0.2, 0) is 0 Å². The number of hydrogen-bond donors (Lipinski definition) is 4. The normalized spacial score (nSPS) is 10.3. The van der Waals surface area contributed by atoms with Gasteiger partial charge in [0.2, 0.25) is 0 Å². The maximum atomic E-state index is 11.6. The van der Waals surface area contributed by atoms with Gasteiger partial charge in [-0.05, 0) is 23.8 Å². The second-order valence-electron chi connectivity index (χ2n) is 4.82. The number of carboxylic acids is 4. The van der Waals surface area contributed by atoms with Crippen molar-refractivity contribution >= 4 is 35.5 Å². The van der Waals surface area contributed by atoms with Crippen molar-refractivity contribution in [3.8, 4) is 11.1 Å². The molecule has 0 amide bonds. The molecule has 0 aliphatic heterocycles. The smallest absolute Gasteiger partial charge is 0.337 e. The number of carbonyl (C=O) groups is 4. The molecule has 2 aromatic carbocycles. The Kier molecular flexibility index (Phi) is 4.75. The molecule has 0 saturated heterocycles. The van der Waals surface area contributed by atoms with Crippen molar-refractivity contribution in [3.63, 3.8) is 0 Å². The fraction of sp³-hybridized carbons (Fsp3) is 0. The SMILES string of the molecule is O=C(O)c1cc(C(=O)O)c(C(=O)O)c(-c2ccc(Cl)cc2)c1C(=O)O. The first kappa shape index (κ1) is 18.0. The second kappa shape index (κ2) is 6.62. The minimum Gasteiger partial charge on any atom is -0.478 e. The van der Waals surface area contributed by atoms with E-state index in [1.54, 1.807) is 0 Å². The van der Waals surface area contributed by atoms with Gasteiger partial charge in [-0.25, -0.2) is 19.2 Å². The third kappa shape index (κ3) is 3.29. The highest BCUT2D eigenvalue weighted by Crippen LogP contribution is 2.34. The Morgan fingerprint density at radius 3 is 1.40 bits per heavy atom. The predicted octanol–water partition coefficient (Wildman–Crippen LogP) is 2.80. The van der Waals surface area contributed by atoms with Gasteiger partial charge in [0.15, 0.2) is 0 Å². The minimum atomic E-state index is -1.71. The van der Waals surface area contributed by atoms with Crippen LogP contribution in [0.2, 0.25) is 5.02 Å². The lowest BCUT2D eigenvalue weighted by Gasteiger charge is -2.15. The molecule has 128 valence electrons. The zero-order valence-corrected chi connectivity index (χ0v) is 12.9. The first-order valence-electron chi connectivity index (χ1n) is 6.55. The summed E-state index contributed by atoms with van der Waals surface area (Å²) in [6.07, 6.45) is 0. The lowest BCUT2D eigenvalue weighted by atomic mass is 9.87. The second-order valence-corrected chi connectivity index (χ2v) is 5.26. The van der Waals surface area contributed by atoms with Gasteiger partial charge in [-0.2, -0.15) is 0 Å². The van der Waals surface area contributed by atoms with Gasteiger partial charge in [0.1, 0.15) is 0 Å². The predicted molar refractivity (Wildman–Crippen MR) is 84.7 cm³/mol. The number of hydrogen-bond acceptors (Lipinski definition) is 4. The standard InChI is InChI=1S/C16H9ClO8/c17-7-3-1-6(2-4-7)10-11(15(22)23)8(13(18)19)5-9(14(20)21)12(10)16(24)25/h1-5H,(H,18,19)(H,20,21)(H,22,23)(H,24,25). The van der Waals surface area contributed by atoms with Crippen LogP contribution >= 0.6 is 11.6 Å². The summed E-state index contributed by atoms with van der Waals surface area (Å²) in [7, 11) is 0. The number of benzene rings is 2. The summed E-state index contributed by atoms with van der Waals surface area (Å²) in [6.45, 7) is 0. The van der Waals surface area contributed by atoms with Crippen molar-refractivity contribution in [1.82, 2.24) is 0 Å². The molecular formula is C16H9ClO8. The van der Waals surface area contributed by atoms with Crippen molar-refractivity contribution in [2.75, 3.05) is 0 Å². The Labute approximate surface area is 144 Å². The Morgan fingerprint density at radius 1 is 0.680 bits per heavy atom. The van der Waals surface area contributed by atoms with E-state index in [1.165, 1.54) is 24.3 Å². The molecule has 0 unspecified atom stereocenters. The molecule has 0 bridgehead atoms. The van der Waals surface area contributed by atoms with E-state index in [2.05, 4.69) is 0 Å². The van der Waals surface area contributed by atoms with Crippen LogP contribution in [-0.4, -0.2) is 44.3 Å². The van der Waals surface area contributed by atoms with Crippen LogP contribution in [0.25, 0.3) is 11.1 Å². The molecular weight excluding hydrogens is 356 g/mol. The van der Waals surface area contributed by atoms with E-state index in [0.29, 0.717) is 6.07 Å². The first-order chi connectivity index (χ1) is 11.6. The molecule has 0 radical (unpaired) electrons. The molecule has 0 atom stereocenters. The van der Waals surface area contributed by atoms with E-state index < -0.39 is 51.7 Å². The fourth-order valence-electron chi connectivity index (χ4n) is 2.37. The van der Waals surface area contributed by atoms with E-state index in [9.17, 15) is 39.6 Å². The van der Waals surface area contributed by atoms with E-state index >= 15 is 0 Å². The maximum Gasteiger partial charge on any atom is 0.337 e. The van der Waals surface area contributed by atoms with Crippen molar-refractivity contribution in [1.29, 1.82) is 0 Å². The molecule has 0 fully saturated rings. The van der Waals surface area contributed by atoms with Gasteiger partial charge in [-0.1, -0.05) is 23.7 Å². The average Bonchev–Trinajstić information content (AvgIpc) is 2.52. The Balaban J connectivity index is 3.10. The number of rotatable bonds is 5. The minimum absolute atomic E-state index is 0.00444. The summed E-state index contributed by atoms with van der Waals surface area (Å²) in [4.78, 5) is 46.0. The van der Waals surface area contributed by atoms with Crippen molar-refractivity contribution in [3.05, 3.63) is 57.6 Å². The summed E-state index contributed by atoms with van der Waals surface area (Å²) in [6, 6.07) is 5.74. The lowest BCUT2D eigenvalue weighted by molar-refractivity contribution is 0.0638. The number of aromatic carboxylic acids is 4. The van der Waals surface area contributed by atoms with Crippen LogP contribution in [0.3, 0.4) is 0 Å². The molecule has 0 aliphatic carbocycles. The molecule has 9 heteroatoms. The van der Waals surface area contributed by atoms with Gasteiger partial charge in [0.05, 0.1) is 22.3 Å². The molecule has 8 nitrogen and oxygen atoms in total.